The molecule has 0 heterocycles. The first-order chi connectivity index (χ1) is 9.20. The van der Waals surface area contributed by atoms with E-state index in [-0.39, 0.29) is 5.56 Å². The Morgan fingerprint density at radius 1 is 1.47 bits per heavy atom. The van der Waals surface area contributed by atoms with E-state index < -0.39 is 11.8 Å². The molecular weight excluding hydrogens is 245 g/mol. The Labute approximate surface area is 112 Å². The quantitative estimate of drug-likeness (QED) is 0.670. The maximum absolute atomic E-state index is 13.7. The van der Waals surface area contributed by atoms with Gasteiger partial charge in [-0.2, -0.15) is 0 Å². The number of benzene rings is 1. The summed E-state index contributed by atoms with van der Waals surface area (Å²) in [7, 11) is 1.24. The van der Waals surface area contributed by atoms with Gasteiger partial charge in [0, 0.05) is 12.6 Å². The van der Waals surface area contributed by atoms with Gasteiger partial charge in [0.2, 0.25) is 0 Å². The van der Waals surface area contributed by atoms with Gasteiger partial charge in [-0.1, -0.05) is 18.2 Å². The van der Waals surface area contributed by atoms with E-state index in [0.717, 1.165) is 24.8 Å². The van der Waals surface area contributed by atoms with Gasteiger partial charge in [-0.05, 0) is 37.0 Å². The minimum absolute atomic E-state index is 0.0214. The van der Waals surface area contributed by atoms with Crippen LogP contribution in [-0.4, -0.2) is 19.1 Å². The third-order valence-corrected chi connectivity index (χ3v) is 3.30. The molecule has 0 fully saturated rings. The summed E-state index contributed by atoms with van der Waals surface area (Å²) in [6.07, 6.45) is 7.57. The van der Waals surface area contributed by atoms with Crippen molar-refractivity contribution in [2.24, 2.45) is 0 Å². The Hall–Kier alpha value is -1.68. The van der Waals surface area contributed by atoms with Gasteiger partial charge in [0.25, 0.3) is 0 Å². The smallest absolute Gasteiger partial charge is 0.340 e. The third-order valence-electron chi connectivity index (χ3n) is 3.30. The van der Waals surface area contributed by atoms with Crippen molar-refractivity contribution >= 4 is 5.97 Å². The van der Waals surface area contributed by atoms with Gasteiger partial charge in [-0.15, -0.1) is 0 Å². The summed E-state index contributed by atoms with van der Waals surface area (Å²) < 4.78 is 18.2. The average Bonchev–Trinajstić information content (AvgIpc) is 2.45. The molecule has 1 aromatic carbocycles. The van der Waals surface area contributed by atoms with Crippen molar-refractivity contribution in [3.8, 4) is 0 Å². The van der Waals surface area contributed by atoms with Crippen molar-refractivity contribution in [2.75, 3.05) is 7.11 Å². The number of nitrogens with one attached hydrogen (secondary N) is 1. The molecule has 1 atom stereocenters. The van der Waals surface area contributed by atoms with Crippen LogP contribution >= 0.6 is 0 Å². The largest absolute Gasteiger partial charge is 0.465 e. The van der Waals surface area contributed by atoms with Crippen molar-refractivity contribution < 1.29 is 13.9 Å². The summed E-state index contributed by atoms with van der Waals surface area (Å²) in [6.45, 7) is 0.608. The molecule has 0 saturated heterocycles. The molecule has 0 amide bonds. The van der Waals surface area contributed by atoms with Crippen molar-refractivity contribution in [3.05, 3.63) is 47.3 Å². The number of hydrogen-bond donors (Lipinski definition) is 1. The Morgan fingerprint density at radius 2 is 2.32 bits per heavy atom. The summed E-state index contributed by atoms with van der Waals surface area (Å²) in [5, 5.41) is 3.39. The van der Waals surface area contributed by atoms with Crippen molar-refractivity contribution in [1.29, 1.82) is 0 Å². The molecular formula is C15H18FNO2. The van der Waals surface area contributed by atoms with Crippen LogP contribution in [0.2, 0.25) is 0 Å². The second-order valence-electron chi connectivity index (χ2n) is 4.67. The van der Waals surface area contributed by atoms with Gasteiger partial charge < -0.3 is 10.1 Å². The Bertz CT molecular complexity index is 485. The van der Waals surface area contributed by atoms with E-state index in [2.05, 4.69) is 22.2 Å². The van der Waals surface area contributed by atoms with E-state index in [4.69, 9.17) is 0 Å². The molecule has 1 aliphatic carbocycles. The average molecular weight is 263 g/mol. The molecule has 0 radical (unpaired) electrons. The fourth-order valence-corrected chi connectivity index (χ4v) is 2.19. The van der Waals surface area contributed by atoms with Crippen molar-refractivity contribution in [2.45, 2.75) is 31.8 Å². The second kappa shape index (κ2) is 6.48. The SMILES string of the molecule is COC(=O)c1ccc(CNC2CC=CCC2)cc1F. The highest BCUT2D eigenvalue weighted by atomic mass is 19.1. The minimum atomic E-state index is -0.644. The normalized spacial score (nSPS) is 18.3. The predicted molar refractivity (Wildman–Crippen MR) is 71.4 cm³/mol. The number of hydrogen-bond acceptors (Lipinski definition) is 3. The van der Waals surface area contributed by atoms with Crippen LogP contribution in [0.15, 0.2) is 30.4 Å². The number of allylic oxidation sites excluding steroid dienone is 1. The van der Waals surface area contributed by atoms with E-state index in [1.54, 1.807) is 6.07 Å². The van der Waals surface area contributed by atoms with E-state index in [1.807, 2.05) is 0 Å². The highest BCUT2D eigenvalue weighted by Gasteiger charge is 2.13. The van der Waals surface area contributed by atoms with Crippen LogP contribution in [0, 0.1) is 5.82 Å². The van der Waals surface area contributed by atoms with E-state index in [0.29, 0.717) is 12.6 Å². The monoisotopic (exact) mass is 263 g/mol. The van der Waals surface area contributed by atoms with Crippen LogP contribution in [0.1, 0.15) is 35.2 Å². The lowest BCUT2D eigenvalue weighted by Crippen LogP contribution is -2.29. The van der Waals surface area contributed by atoms with Crippen LogP contribution in [0.25, 0.3) is 0 Å². The predicted octanol–water partition coefficient (Wildman–Crippen LogP) is 2.81. The fourth-order valence-electron chi connectivity index (χ4n) is 2.19. The Morgan fingerprint density at radius 3 is 2.95 bits per heavy atom. The summed E-state index contributed by atoms with van der Waals surface area (Å²) >= 11 is 0. The lowest BCUT2D eigenvalue weighted by molar-refractivity contribution is 0.0595. The summed E-state index contributed by atoms with van der Waals surface area (Å²) in [6, 6.07) is 5.06. The van der Waals surface area contributed by atoms with Gasteiger partial charge >= 0.3 is 5.97 Å². The van der Waals surface area contributed by atoms with Crippen LogP contribution in [-0.2, 0) is 11.3 Å². The molecule has 0 aromatic heterocycles. The zero-order valence-corrected chi connectivity index (χ0v) is 11.0. The number of methoxy groups -OCH3 is 1. The van der Waals surface area contributed by atoms with Crippen LogP contribution in [0.4, 0.5) is 4.39 Å². The maximum Gasteiger partial charge on any atom is 0.340 e. The highest BCUT2D eigenvalue weighted by Crippen LogP contribution is 2.14. The van der Waals surface area contributed by atoms with Crippen LogP contribution < -0.4 is 5.32 Å². The van der Waals surface area contributed by atoms with Gasteiger partial charge in [0.05, 0.1) is 12.7 Å². The van der Waals surface area contributed by atoms with Crippen LogP contribution in [0.5, 0.6) is 0 Å². The molecule has 102 valence electrons. The summed E-state index contributed by atoms with van der Waals surface area (Å²) in [5.41, 5.74) is 0.812. The van der Waals surface area contributed by atoms with E-state index in [1.165, 1.54) is 19.2 Å². The topological polar surface area (TPSA) is 38.3 Å². The molecule has 1 unspecified atom stereocenters. The first-order valence-corrected chi connectivity index (χ1v) is 6.46. The van der Waals surface area contributed by atoms with Crippen LogP contribution in [0.3, 0.4) is 0 Å². The lowest BCUT2D eigenvalue weighted by atomic mass is 10.0. The summed E-state index contributed by atoms with van der Waals surface area (Å²) in [5.74, 6) is -1.18. The lowest BCUT2D eigenvalue weighted by Gasteiger charge is -2.19. The maximum atomic E-state index is 13.7. The van der Waals surface area contributed by atoms with Gasteiger partial charge in [0.15, 0.2) is 0 Å². The number of carbonyl (C=O) groups is 1. The zero-order valence-electron chi connectivity index (χ0n) is 11.0. The fraction of sp³-hybridized carbons (Fsp3) is 0.400. The Kier molecular flexibility index (Phi) is 4.68. The molecule has 1 aromatic rings. The van der Waals surface area contributed by atoms with Crippen molar-refractivity contribution in [1.82, 2.24) is 5.32 Å². The summed E-state index contributed by atoms with van der Waals surface area (Å²) in [4.78, 5) is 11.3. The molecule has 0 spiro atoms. The molecule has 3 nitrogen and oxygen atoms in total. The van der Waals surface area contributed by atoms with E-state index >= 15 is 0 Å². The highest BCUT2D eigenvalue weighted by molar-refractivity contribution is 5.89. The second-order valence-corrected chi connectivity index (χ2v) is 4.67. The number of rotatable bonds is 4. The zero-order chi connectivity index (χ0) is 13.7. The molecule has 1 aliphatic rings. The standard InChI is InChI=1S/C15H18FNO2/c1-19-15(18)13-8-7-11(9-14(13)16)10-17-12-5-3-2-4-6-12/h2-3,7-9,12,17H,4-6,10H2,1H3. The molecule has 0 aliphatic heterocycles. The van der Waals surface area contributed by atoms with Gasteiger partial charge in [0.1, 0.15) is 5.82 Å². The number of halogens is 1. The number of esters is 1. The number of carbonyl (C=O) groups excluding carboxylic acids is 1. The molecule has 0 bridgehead atoms. The van der Waals surface area contributed by atoms with E-state index in [9.17, 15) is 9.18 Å². The molecule has 2 rings (SSSR count). The molecule has 19 heavy (non-hydrogen) atoms. The van der Waals surface area contributed by atoms with Gasteiger partial charge in [-0.25, -0.2) is 9.18 Å². The first-order valence-electron chi connectivity index (χ1n) is 6.46. The number of ether oxygens (including phenoxy) is 1. The van der Waals surface area contributed by atoms with Gasteiger partial charge in [-0.3, -0.25) is 0 Å². The molecule has 4 heteroatoms. The Balaban J connectivity index is 1.96. The molecule has 1 N–H and O–H groups in total. The molecule has 0 saturated carbocycles. The minimum Gasteiger partial charge on any atom is -0.465 e. The van der Waals surface area contributed by atoms with Crippen molar-refractivity contribution in [3.63, 3.8) is 0 Å². The third kappa shape index (κ3) is 3.64. The first kappa shape index (κ1) is 13.7.